The van der Waals surface area contributed by atoms with E-state index < -0.39 is 0 Å². The van der Waals surface area contributed by atoms with Crippen molar-refractivity contribution in [1.82, 2.24) is 9.34 Å². The summed E-state index contributed by atoms with van der Waals surface area (Å²) in [7, 11) is -0.105. The summed E-state index contributed by atoms with van der Waals surface area (Å²) in [5, 5.41) is 1.73. The van der Waals surface area contributed by atoms with Gasteiger partial charge in [0.15, 0.2) is 0 Å². The minimum Gasteiger partial charge on any atom is -0.267 e. The van der Waals surface area contributed by atoms with Crippen molar-refractivity contribution in [3.63, 3.8) is 0 Å². The maximum atomic E-state index is 2.78. The molecule has 0 aliphatic carbocycles. The fraction of sp³-hybridized carbons (Fsp3) is 0.857. The average Bonchev–Trinajstić information content (AvgIpc) is 3.01. The number of hydrogen-bond donors (Lipinski definition) is 0. The fourth-order valence-electron chi connectivity index (χ4n) is 2.92. The molecule has 0 aromatic rings. The zero-order chi connectivity index (χ0) is 12.1. The van der Waals surface area contributed by atoms with E-state index in [9.17, 15) is 0 Å². The molecule has 98 valence electrons. The van der Waals surface area contributed by atoms with E-state index in [0.29, 0.717) is 0 Å². The van der Waals surface area contributed by atoms with Gasteiger partial charge in [-0.15, -0.1) is 0 Å². The van der Waals surface area contributed by atoms with Gasteiger partial charge in [-0.25, -0.2) is 0 Å². The molecular formula is C14H27N2P. The van der Waals surface area contributed by atoms with Crippen LogP contribution in [-0.2, 0) is 0 Å². The highest BCUT2D eigenvalue weighted by Gasteiger charge is 2.31. The Labute approximate surface area is 108 Å². The average molecular weight is 254 g/mol. The molecule has 2 rings (SSSR count). The van der Waals surface area contributed by atoms with Crippen LogP contribution in [0.15, 0.2) is 11.4 Å². The molecule has 2 heterocycles. The van der Waals surface area contributed by atoms with Crippen LogP contribution in [-0.4, -0.2) is 35.5 Å². The Hall–Kier alpha value is 0.0900. The minimum atomic E-state index is -0.105. The monoisotopic (exact) mass is 254 g/mol. The summed E-state index contributed by atoms with van der Waals surface area (Å²) < 4.78 is 5.57. The normalized spacial score (nSPS) is 24.1. The third-order valence-electron chi connectivity index (χ3n) is 3.76. The van der Waals surface area contributed by atoms with Gasteiger partial charge < -0.3 is 0 Å². The van der Waals surface area contributed by atoms with Gasteiger partial charge >= 0.3 is 0 Å². The third kappa shape index (κ3) is 3.30. The van der Waals surface area contributed by atoms with Crippen molar-refractivity contribution >= 4 is 8.22 Å². The summed E-state index contributed by atoms with van der Waals surface area (Å²) >= 11 is 0. The van der Waals surface area contributed by atoms with Crippen molar-refractivity contribution in [3.05, 3.63) is 11.4 Å². The molecule has 17 heavy (non-hydrogen) atoms. The highest BCUT2D eigenvalue weighted by molar-refractivity contribution is 7.57. The van der Waals surface area contributed by atoms with E-state index in [-0.39, 0.29) is 8.22 Å². The van der Waals surface area contributed by atoms with Crippen LogP contribution < -0.4 is 0 Å². The van der Waals surface area contributed by atoms with Crippen LogP contribution in [0.25, 0.3) is 0 Å². The first-order valence-electron chi connectivity index (χ1n) is 7.35. The van der Waals surface area contributed by atoms with Gasteiger partial charge in [-0.1, -0.05) is 19.9 Å². The summed E-state index contributed by atoms with van der Waals surface area (Å²) in [6.45, 7) is 9.96. The maximum Gasteiger partial charge on any atom is 0.0678 e. The Bertz CT molecular complexity index is 237. The van der Waals surface area contributed by atoms with Crippen molar-refractivity contribution in [2.45, 2.75) is 52.4 Å². The van der Waals surface area contributed by atoms with Crippen LogP contribution >= 0.6 is 8.22 Å². The highest BCUT2D eigenvalue weighted by atomic mass is 31.1. The number of hydrogen-bond acceptors (Lipinski definition) is 2. The molecule has 2 nitrogen and oxygen atoms in total. The van der Waals surface area contributed by atoms with Gasteiger partial charge in [0.05, 0.1) is 8.22 Å². The van der Waals surface area contributed by atoms with E-state index in [1.54, 1.807) is 5.31 Å². The predicted molar refractivity (Wildman–Crippen MR) is 77.2 cm³/mol. The summed E-state index contributed by atoms with van der Waals surface area (Å²) in [6, 6.07) is 0. The first-order valence-corrected chi connectivity index (χ1v) is 8.60. The number of allylic oxidation sites excluding steroid dienone is 2. The van der Waals surface area contributed by atoms with Crippen LogP contribution in [0.2, 0.25) is 0 Å². The smallest absolute Gasteiger partial charge is 0.0678 e. The molecule has 2 aliphatic heterocycles. The molecule has 0 amide bonds. The number of rotatable bonds is 5. The second-order valence-corrected chi connectivity index (χ2v) is 7.35. The summed E-state index contributed by atoms with van der Waals surface area (Å²) in [5.74, 6) is 0. The van der Waals surface area contributed by atoms with Gasteiger partial charge in [-0.05, 0) is 43.8 Å². The lowest BCUT2D eigenvalue weighted by atomic mass is 10.3. The Morgan fingerprint density at radius 1 is 0.941 bits per heavy atom. The van der Waals surface area contributed by atoms with Crippen LogP contribution in [0.1, 0.15) is 52.4 Å². The lowest BCUT2D eigenvalue weighted by Gasteiger charge is -2.36. The zero-order valence-corrected chi connectivity index (χ0v) is 12.4. The molecule has 0 aromatic carbocycles. The Morgan fingerprint density at radius 3 is 1.76 bits per heavy atom. The van der Waals surface area contributed by atoms with Crippen LogP contribution in [0.4, 0.5) is 0 Å². The van der Waals surface area contributed by atoms with E-state index in [1.807, 2.05) is 0 Å². The number of nitrogens with zero attached hydrogens (tertiary/aromatic N) is 2. The summed E-state index contributed by atoms with van der Waals surface area (Å²) in [6.07, 6.45) is 10.6. The van der Waals surface area contributed by atoms with E-state index in [1.165, 1.54) is 64.7 Å². The molecule has 0 aromatic heterocycles. The van der Waals surface area contributed by atoms with Gasteiger partial charge in [0.2, 0.25) is 0 Å². The third-order valence-corrected chi connectivity index (χ3v) is 6.64. The van der Waals surface area contributed by atoms with E-state index >= 15 is 0 Å². The van der Waals surface area contributed by atoms with E-state index in [0.717, 1.165) is 0 Å². The maximum absolute atomic E-state index is 2.78. The zero-order valence-electron chi connectivity index (χ0n) is 11.5. The Kier molecular flexibility index (Phi) is 5.47. The Morgan fingerprint density at radius 2 is 1.41 bits per heavy atom. The van der Waals surface area contributed by atoms with Gasteiger partial charge in [-0.2, -0.15) is 0 Å². The van der Waals surface area contributed by atoms with Gasteiger partial charge in [-0.3, -0.25) is 9.34 Å². The molecule has 2 aliphatic rings. The quantitative estimate of drug-likeness (QED) is 0.679. The van der Waals surface area contributed by atoms with Crippen molar-refractivity contribution in [3.8, 4) is 0 Å². The van der Waals surface area contributed by atoms with Crippen LogP contribution in [0, 0.1) is 0 Å². The molecule has 3 heteroatoms. The first kappa shape index (κ1) is 13.5. The van der Waals surface area contributed by atoms with Crippen molar-refractivity contribution in [1.29, 1.82) is 0 Å². The van der Waals surface area contributed by atoms with Gasteiger partial charge in [0.25, 0.3) is 0 Å². The second kappa shape index (κ2) is 6.87. The van der Waals surface area contributed by atoms with E-state index in [2.05, 4.69) is 29.3 Å². The highest BCUT2D eigenvalue weighted by Crippen LogP contribution is 2.55. The first-order chi connectivity index (χ1) is 8.36. The molecule has 2 fully saturated rings. The minimum absolute atomic E-state index is 0.105. The molecule has 2 saturated heterocycles. The predicted octanol–water partition coefficient (Wildman–Crippen LogP) is 4.19. The summed E-state index contributed by atoms with van der Waals surface area (Å²) in [5.41, 5.74) is 0. The van der Waals surface area contributed by atoms with Crippen molar-refractivity contribution < 1.29 is 0 Å². The van der Waals surface area contributed by atoms with Gasteiger partial charge in [0.1, 0.15) is 0 Å². The molecule has 0 unspecified atom stereocenters. The van der Waals surface area contributed by atoms with Gasteiger partial charge in [0, 0.05) is 26.2 Å². The lowest BCUT2D eigenvalue weighted by Crippen LogP contribution is -2.25. The molecule has 0 saturated carbocycles. The fourth-order valence-corrected chi connectivity index (χ4v) is 5.96. The molecule has 0 spiro atoms. The molecule has 0 bridgehead atoms. The molecule has 0 atom stereocenters. The molecule has 0 N–H and O–H groups in total. The standard InChI is InChI=1S/C14H27N2P/c1-3-9-14(4-2)17(15-10-5-6-11-15)16-12-7-8-13-16/h9H,3-8,10-13H2,1-2H3/b14-9+. The molecular weight excluding hydrogens is 227 g/mol. The van der Waals surface area contributed by atoms with E-state index in [4.69, 9.17) is 0 Å². The molecule has 0 radical (unpaired) electrons. The topological polar surface area (TPSA) is 6.48 Å². The van der Waals surface area contributed by atoms with Crippen molar-refractivity contribution in [2.24, 2.45) is 0 Å². The van der Waals surface area contributed by atoms with Crippen LogP contribution in [0.5, 0.6) is 0 Å². The second-order valence-electron chi connectivity index (χ2n) is 5.07. The van der Waals surface area contributed by atoms with Crippen molar-refractivity contribution in [2.75, 3.05) is 26.2 Å². The Balaban J connectivity index is 2.12. The van der Waals surface area contributed by atoms with Crippen LogP contribution in [0.3, 0.4) is 0 Å². The SMILES string of the molecule is CC/C=C(\CC)P(N1CCCC1)N1CCCC1. The lowest BCUT2D eigenvalue weighted by molar-refractivity contribution is 0.478. The summed E-state index contributed by atoms with van der Waals surface area (Å²) in [4.78, 5) is 0. The largest absolute Gasteiger partial charge is 0.267 e.